The van der Waals surface area contributed by atoms with E-state index in [1.807, 2.05) is 36.4 Å². The van der Waals surface area contributed by atoms with E-state index < -0.39 is 12.0 Å². The minimum absolute atomic E-state index is 0. The molecule has 0 saturated carbocycles. The minimum atomic E-state index is -0.642. The van der Waals surface area contributed by atoms with E-state index in [1.54, 1.807) is 0 Å². The van der Waals surface area contributed by atoms with Crippen molar-refractivity contribution in [3.63, 3.8) is 0 Å². The van der Waals surface area contributed by atoms with E-state index in [2.05, 4.69) is 20.7 Å². The average Bonchev–Trinajstić information content (AvgIpc) is 2.41. The van der Waals surface area contributed by atoms with E-state index >= 15 is 0 Å². The minimum Gasteiger partial charge on any atom is -0.468 e. The van der Waals surface area contributed by atoms with Gasteiger partial charge in [-0.3, -0.25) is 4.79 Å². The zero-order valence-corrected chi connectivity index (χ0v) is 12.8. The Morgan fingerprint density at radius 3 is 2.68 bits per heavy atom. The molecule has 2 rings (SSSR count). The van der Waals surface area contributed by atoms with Crippen LogP contribution >= 0.6 is 28.3 Å². The number of halogens is 2. The van der Waals surface area contributed by atoms with Crippen molar-refractivity contribution in [1.29, 1.82) is 0 Å². The van der Waals surface area contributed by atoms with Gasteiger partial charge < -0.3 is 10.5 Å². The van der Waals surface area contributed by atoms with Crippen LogP contribution in [-0.4, -0.2) is 19.1 Å². The van der Waals surface area contributed by atoms with Gasteiger partial charge in [-0.25, -0.2) is 0 Å². The first-order chi connectivity index (χ1) is 8.63. The first-order valence-corrected chi connectivity index (χ1v) is 6.42. The van der Waals surface area contributed by atoms with E-state index in [1.165, 1.54) is 7.11 Å². The molecule has 1 atom stereocenters. The Hall–Kier alpha value is -1.10. The maximum absolute atomic E-state index is 11.4. The highest BCUT2D eigenvalue weighted by atomic mass is 79.9. The van der Waals surface area contributed by atoms with Gasteiger partial charge in [-0.2, -0.15) is 0 Å². The molecule has 2 aromatic carbocycles. The smallest absolute Gasteiger partial charge is 0.322 e. The van der Waals surface area contributed by atoms with Crippen LogP contribution in [0.15, 0.2) is 40.9 Å². The third-order valence-electron chi connectivity index (χ3n) is 2.91. The number of methoxy groups -OCH3 is 1. The second kappa shape index (κ2) is 6.89. The quantitative estimate of drug-likeness (QED) is 0.871. The van der Waals surface area contributed by atoms with Crippen molar-refractivity contribution < 1.29 is 9.53 Å². The summed E-state index contributed by atoms with van der Waals surface area (Å²) in [5.74, 6) is -0.394. The highest BCUT2D eigenvalue weighted by Crippen LogP contribution is 2.27. The van der Waals surface area contributed by atoms with E-state index in [0.717, 1.165) is 20.8 Å². The van der Waals surface area contributed by atoms with Crippen molar-refractivity contribution in [1.82, 2.24) is 0 Å². The third kappa shape index (κ3) is 3.47. The van der Waals surface area contributed by atoms with Crippen molar-refractivity contribution in [3.8, 4) is 0 Å². The predicted octanol–water partition coefficient (Wildman–Crippen LogP) is 3.07. The maximum Gasteiger partial charge on any atom is 0.322 e. The summed E-state index contributed by atoms with van der Waals surface area (Å²) in [7, 11) is 1.35. The standard InChI is InChI=1S/C14H14BrNO2.ClH/c1-18-14(17)13(16)8-11-10-5-3-2-4-9(10)6-7-12(11)15;/h2-7,13H,8,16H2,1H3;1H/t13-;/m0./s1. The molecule has 0 heterocycles. The summed E-state index contributed by atoms with van der Waals surface area (Å²) in [5.41, 5.74) is 6.86. The monoisotopic (exact) mass is 343 g/mol. The summed E-state index contributed by atoms with van der Waals surface area (Å²) in [5, 5.41) is 2.24. The zero-order valence-electron chi connectivity index (χ0n) is 10.4. The fraction of sp³-hybridized carbons (Fsp3) is 0.214. The number of fused-ring (bicyclic) bond motifs is 1. The van der Waals surface area contributed by atoms with Gasteiger partial charge in [0.05, 0.1) is 7.11 Å². The molecule has 2 N–H and O–H groups in total. The molecule has 0 radical (unpaired) electrons. The second-order valence-corrected chi connectivity index (χ2v) is 4.94. The van der Waals surface area contributed by atoms with Crippen molar-refractivity contribution >= 4 is 45.1 Å². The molecule has 0 bridgehead atoms. The van der Waals surface area contributed by atoms with Crippen LogP contribution in [0.25, 0.3) is 10.8 Å². The van der Waals surface area contributed by atoms with Gasteiger partial charge in [0, 0.05) is 4.47 Å². The van der Waals surface area contributed by atoms with Crippen molar-refractivity contribution in [2.75, 3.05) is 7.11 Å². The zero-order chi connectivity index (χ0) is 13.1. The molecule has 0 aliphatic carbocycles. The highest BCUT2D eigenvalue weighted by molar-refractivity contribution is 9.10. The molecule has 0 aromatic heterocycles. The number of carbonyl (C=O) groups excluding carboxylic acids is 1. The van der Waals surface area contributed by atoms with Crippen LogP contribution in [0.2, 0.25) is 0 Å². The third-order valence-corrected chi connectivity index (χ3v) is 3.65. The number of benzene rings is 2. The number of hydrogen-bond donors (Lipinski definition) is 1. The Labute approximate surface area is 126 Å². The van der Waals surface area contributed by atoms with Crippen molar-refractivity contribution in [3.05, 3.63) is 46.4 Å². The van der Waals surface area contributed by atoms with Gasteiger partial charge in [-0.15, -0.1) is 12.4 Å². The molecule has 0 fully saturated rings. The van der Waals surface area contributed by atoms with E-state index in [-0.39, 0.29) is 12.4 Å². The van der Waals surface area contributed by atoms with E-state index in [4.69, 9.17) is 5.73 Å². The van der Waals surface area contributed by atoms with Crippen LogP contribution in [0.4, 0.5) is 0 Å². The van der Waals surface area contributed by atoms with Crippen LogP contribution in [0.5, 0.6) is 0 Å². The second-order valence-electron chi connectivity index (χ2n) is 4.08. The first-order valence-electron chi connectivity index (χ1n) is 5.63. The Balaban J connectivity index is 0.00000180. The molecule has 19 heavy (non-hydrogen) atoms. The van der Waals surface area contributed by atoms with Crippen LogP contribution in [0.1, 0.15) is 5.56 Å². The van der Waals surface area contributed by atoms with E-state index in [0.29, 0.717) is 6.42 Å². The molecule has 0 spiro atoms. The van der Waals surface area contributed by atoms with Crippen LogP contribution in [-0.2, 0) is 16.0 Å². The molecule has 0 amide bonds. The molecule has 0 unspecified atom stereocenters. The van der Waals surface area contributed by atoms with Gasteiger partial charge in [-0.1, -0.05) is 46.3 Å². The number of ether oxygens (including phenoxy) is 1. The Kier molecular flexibility index (Phi) is 5.79. The van der Waals surface area contributed by atoms with Gasteiger partial charge in [0.25, 0.3) is 0 Å². The van der Waals surface area contributed by atoms with Gasteiger partial charge >= 0.3 is 5.97 Å². The Bertz CT molecular complexity index is 589. The summed E-state index contributed by atoms with van der Waals surface area (Å²) in [4.78, 5) is 11.4. The molecular formula is C14H15BrClNO2. The predicted molar refractivity (Wildman–Crippen MR) is 82.6 cm³/mol. The largest absolute Gasteiger partial charge is 0.468 e. The number of carbonyl (C=O) groups is 1. The highest BCUT2D eigenvalue weighted by Gasteiger charge is 2.17. The fourth-order valence-electron chi connectivity index (χ4n) is 1.97. The van der Waals surface area contributed by atoms with Gasteiger partial charge in [0.15, 0.2) is 0 Å². The summed E-state index contributed by atoms with van der Waals surface area (Å²) in [6.45, 7) is 0. The van der Waals surface area contributed by atoms with Crippen LogP contribution in [0, 0.1) is 0 Å². The van der Waals surface area contributed by atoms with E-state index in [9.17, 15) is 4.79 Å². The molecule has 5 heteroatoms. The lowest BCUT2D eigenvalue weighted by Crippen LogP contribution is -2.33. The SMILES string of the molecule is COC(=O)[C@@H](N)Cc1c(Br)ccc2ccccc12.Cl. The topological polar surface area (TPSA) is 52.3 Å². The molecule has 2 aromatic rings. The molecule has 0 aliphatic rings. The van der Waals surface area contributed by atoms with Crippen LogP contribution in [0.3, 0.4) is 0 Å². The summed E-state index contributed by atoms with van der Waals surface area (Å²) >= 11 is 3.51. The lowest BCUT2D eigenvalue weighted by Gasteiger charge is -2.13. The van der Waals surface area contributed by atoms with Crippen molar-refractivity contribution in [2.24, 2.45) is 5.73 Å². The number of nitrogens with two attached hydrogens (primary N) is 1. The molecule has 3 nitrogen and oxygen atoms in total. The lowest BCUT2D eigenvalue weighted by molar-refractivity contribution is -0.142. The molecule has 0 saturated heterocycles. The molecule has 0 aliphatic heterocycles. The van der Waals surface area contributed by atoms with Gasteiger partial charge in [0.1, 0.15) is 6.04 Å². The molecule has 102 valence electrons. The fourth-order valence-corrected chi connectivity index (χ4v) is 2.48. The average molecular weight is 345 g/mol. The van der Waals surface area contributed by atoms with Crippen molar-refractivity contribution in [2.45, 2.75) is 12.5 Å². The van der Waals surface area contributed by atoms with Gasteiger partial charge in [-0.05, 0) is 28.8 Å². The Morgan fingerprint density at radius 2 is 2.00 bits per heavy atom. The lowest BCUT2D eigenvalue weighted by atomic mass is 9.99. The maximum atomic E-state index is 11.4. The normalized spacial score (nSPS) is 11.7. The number of rotatable bonds is 3. The van der Waals surface area contributed by atoms with Gasteiger partial charge in [0.2, 0.25) is 0 Å². The number of esters is 1. The Morgan fingerprint density at radius 1 is 1.32 bits per heavy atom. The summed E-state index contributed by atoms with van der Waals surface area (Å²) < 4.78 is 5.62. The van der Waals surface area contributed by atoms with Crippen LogP contribution < -0.4 is 5.73 Å². The molecular weight excluding hydrogens is 330 g/mol. The first kappa shape index (κ1) is 16.0. The number of hydrogen-bond acceptors (Lipinski definition) is 3. The summed E-state index contributed by atoms with van der Waals surface area (Å²) in [6.07, 6.45) is 0.453. The summed E-state index contributed by atoms with van der Waals surface area (Å²) in [6, 6.07) is 11.4.